The summed E-state index contributed by atoms with van der Waals surface area (Å²) in [5, 5.41) is 0. The van der Waals surface area contributed by atoms with Gasteiger partial charge in [-0.3, -0.25) is 0 Å². The highest BCUT2D eigenvalue weighted by atomic mass is 19.4. The minimum atomic E-state index is -4.27. The largest absolute Gasteiger partial charge is 0.416 e. The van der Waals surface area contributed by atoms with E-state index in [1.165, 1.54) is 28.3 Å². The number of hydrogen-bond acceptors (Lipinski definition) is 1. The highest BCUT2D eigenvalue weighted by molar-refractivity contribution is 5.47. The van der Waals surface area contributed by atoms with Gasteiger partial charge >= 0.3 is 6.18 Å². The fourth-order valence-corrected chi connectivity index (χ4v) is 3.16. The van der Waals surface area contributed by atoms with Gasteiger partial charge in [0.05, 0.1) is 31.7 Å². The lowest BCUT2D eigenvalue weighted by Gasteiger charge is -2.33. The molecule has 128 valence electrons. The van der Waals surface area contributed by atoms with Crippen LogP contribution in [0.2, 0.25) is 0 Å². The van der Waals surface area contributed by atoms with Crippen LogP contribution in [0.1, 0.15) is 16.7 Å². The van der Waals surface area contributed by atoms with Crippen LogP contribution in [-0.4, -0.2) is 26.2 Å². The average molecular weight is 335 g/mol. The Balaban J connectivity index is 1.58. The van der Waals surface area contributed by atoms with Crippen LogP contribution < -0.4 is 9.80 Å². The van der Waals surface area contributed by atoms with Crippen molar-refractivity contribution < 1.29 is 18.1 Å². The molecule has 0 unspecified atom stereocenters. The number of piperazine rings is 1. The van der Waals surface area contributed by atoms with Gasteiger partial charge in [0.25, 0.3) is 0 Å². The third kappa shape index (κ3) is 4.09. The van der Waals surface area contributed by atoms with E-state index in [0.717, 1.165) is 37.8 Å². The number of quaternary nitrogens is 1. The van der Waals surface area contributed by atoms with Crippen molar-refractivity contribution in [3.8, 4) is 0 Å². The average Bonchev–Trinajstić information content (AvgIpc) is 2.56. The first kappa shape index (κ1) is 16.8. The molecule has 0 radical (unpaired) electrons. The standard InChI is InChI=1S/C19H21F3N2/c1-15-5-7-18(8-6-15)24-11-9-23(10-12-24)14-16-3-2-4-17(13-16)19(20,21)22/h2-8,13H,9-12,14H2,1H3/p+1. The number of nitrogens with one attached hydrogen (secondary N) is 1. The van der Waals surface area contributed by atoms with Gasteiger partial charge in [-0.1, -0.05) is 29.8 Å². The van der Waals surface area contributed by atoms with Gasteiger partial charge in [0.2, 0.25) is 0 Å². The normalized spacial score (nSPS) is 16.4. The molecule has 1 aliphatic heterocycles. The summed E-state index contributed by atoms with van der Waals surface area (Å²) < 4.78 is 38.4. The zero-order valence-electron chi connectivity index (χ0n) is 13.7. The third-order valence-corrected chi connectivity index (χ3v) is 4.58. The van der Waals surface area contributed by atoms with E-state index in [1.54, 1.807) is 6.07 Å². The molecule has 5 heteroatoms. The van der Waals surface area contributed by atoms with Crippen molar-refractivity contribution >= 4 is 5.69 Å². The summed E-state index contributed by atoms with van der Waals surface area (Å²) >= 11 is 0. The van der Waals surface area contributed by atoms with E-state index >= 15 is 0 Å². The summed E-state index contributed by atoms with van der Waals surface area (Å²) in [5.74, 6) is 0. The summed E-state index contributed by atoms with van der Waals surface area (Å²) in [7, 11) is 0. The quantitative estimate of drug-likeness (QED) is 0.906. The second kappa shape index (κ2) is 6.85. The Morgan fingerprint density at radius 3 is 2.29 bits per heavy atom. The van der Waals surface area contributed by atoms with Crippen LogP contribution in [0.15, 0.2) is 48.5 Å². The first-order chi connectivity index (χ1) is 11.4. The molecule has 1 fully saturated rings. The number of halogens is 3. The second-order valence-corrected chi connectivity index (χ2v) is 6.45. The van der Waals surface area contributed by atoms with E-state index in [-0.39, 0.29) is 0 Å². The van der Waals surface area contributed by atoms with Crippen LogP contribution in [0.4, 0.5) is 18.9 Å². The Kier molecular flexibility index (Phi) is 4.81. The summed E-state index contributed by atoms with van der Waals surface area (Å²) in [6.45, 7) is 6.44. The van der Waals surface area contributed by atoms with Crippen molar-refractivity contribution in [1.29, 1.82) is 0 Å². The highest BCUT2D eigenvalue weighted by Crippen LogP contribution is 2.29. The van der Waals surface area contributed by atoms with Gasteiger partial charge in [0, 0.05) is 11.3 Å². The van der Waals surface area contributed by atoms with Gasteiger partial charge in [0.15, 0.2) is 0 Å². The SMILES string of the molecule is Cc1ccc(N2CC[NH+](Cc3cccc(C(F)(F)F)c3)CC2)cc1. The molecular weight excluding hydrogens is 313 g/mol. The van der Waals surface area contributed by atoms with Crippen LogP contribution in [0.25, 0.3) is 0 Å². The van der Waals surface area contributed by atoms with Crippen molar-refractivity contribution in [3.63, 3.8) is 0 Å². The summed E-state index contributed by atoms with van der Waals surface area (Å²) in [6, 6.07) is 14.2. The summed E-state index contributed by atoms with van der Waals surface area (Å²) in [5.41, 5.74) is 2.66. The predicted molar refractivity (Wildman–Crippen MR) is 89.2 cm³/mol. The molecule has 0 saturated carbocycles. The third-order valence-electron chi connectivity index (χ3n) is 4.58. The number of aryl methyl sites for hydroxylation is 1. The second-order valence-electron chi connectivity index (χ2n) is 6.45. The Hall–Kier alpha value is -2.01. The first-order valence-corrected chi connectivity index (χ1v) is 8.23. The van der Waals surface area contributed by atoms with Gasteiger partial charge in [0.1, 0.15) is 6.54 Å². The maximum atomic E-state index is 12.8. The molecule has 0 aliphatic carbocycles. The van der Waals surface area contributed by atoms with Crippen molar-refractivity contribution in [2.24, 2.45) is 0 Å². The van der Waals surface area contributed by atoms with Gasteiger partial charge in [-0.15, -0.1) is 0 Å². The number of benzene rings is 2. The van der Waals surface area contributed by atoms with Crippen LogP contribution in [-0.2, 0) is 12.7 Å². The molecule has 1 aliphatic rings. The zero-order valence-corrected chi connectivity index (χ0v) is 13.7. The summed E-state index contributed by atoms with van der Waals surface area (Å²) in [6.07, 6.45) is -4.27. The molecule has 2 nitrogen and oxygen atoms in total. The number of anilines is 1. The van der Waals surface area contributed by atoms with E-state index < -0.39 is 11.7 Å². The van der Waals surface area contributed by atoms with E-state index in [0.29, 0.717) is 6.54 Å². The van der Waals surface area contributed by atoms with E-state index in [4.69, 9.17) is 0 Å². The number of rotatable bonds is 3. The molecule has 1 N–H and O–H groups in total. The molecule has 3 rings (SSSR count). The minimum Gasteiger partial charge on any atom is -0.360 e. The Morgan fingerprint density at radius 2 is 1.67 bits per heavy atom. The van der Waals surface area contributed by atoms with Crippen molar-refractivity contribution in [2.75, 3.05) is 31.1 Å². The molecule has 0 spiro atoms. The maximum Gasteiger partial charge on any atom is 0.416 e. The fraction of sp³-hybridized carbons (Fsp3) is 0.368. The molecule has 0 bridgehead atoms. The zero-order chi connectivity index (χ0) is 17.2. The van der Waals surface area contributed by atoms with Crippen LogP contribution in [0.5, 0.6) is 0 Å². The van der Waals surface area contributed by atoms with E-state index in [9.17, 15) is 13.2 Å². The monoisotopic (exact) mass is 335 g/mol. The molecule has 0 atom stereocenters. The smallest absolute Gasteiger partial charge is 0.360 e. The van der Waals surface area contributed by atoms with Gasteiger partial charge in [-0.25, -0.2) is 0 Å². The molecule has 24 heavy (non-hydrogen) atoms. The number of nitrogens with zero attached hydrogens (tertiary/aromatic N) is 1. The molecule has 2 aromatic carbocycles. The molecule has 0 amide bonds. The molecule has 0 aromatic heterocycles. The Labute approximate surface area is 140 Å². The lowest BCUT2D eigenvalue weighted by molar-refractivity contribution is -0.914. The van der Waals surface area contributed by atoms with Crippen LogP contribution >= 0.6 is 0 Å². The fourth-order valence-electron chi connectivity index (χ4n) is 3.16. The van der Waals surface area contributed by atoms with Crippen molar-refractivity contribution in [2.45, 2.75) is 19.6 Å². The lowest BCUT2D eigenvalue weighted by Crippen LogP contribution is -3.13. The Morgan fingerprint density at radius 1 is 1.00 bits per heavy atom. The van der Waals surface area contributed by atoms with E-state index in [1.807, 2.05) is 0 Å². The highest BCUT2D eigenvalue weighted by Gasteiger charge is 2.30. The van der Waals surface area contributed by atoms with Crippen molar-refractivity contribution in [1.82, 2.24) is 0 Å². The van der Waals surface area contributed by atoms with Crippen LogP contribution in [0, 0.1) is 6.92 Å². The number of alkyl halides is 3. The topological polar surface area (TPSA) is 7.68 Å². The summed E-state index contributed by atoms with van der Waals surface area (Å²) in [4.78, 5) is 3.67. The van der Waals surface area contributed by atoms with Gasteiger partial charge in [-0.2, -0.15) is 13.2 Å². The predicted octanol–water partition coefficient (Wildman–Crippen LogP) is 2.92. The van der Waals surface area contributed by atoms with Gasteiger partial charge < -0.3 is 9.80 Å². The van der Waals surface area contributed by atoms with Gasteiger partial charge in [-0.05, 0) is 31.2 Å². The minimum absolute atomic E-state index is 0.558. The molecule has 1 saturated heterocycles. The molecule has 2 aromatic rings. The van der Waals surface area contributed by atoms with Crippen molar-refractivity contribution in [3.05, 3.63) is 65.2 Å². The van der Waals surface area contributed by atoms with E-state index in [2.05, 4.69) is 36.1 Å². The maximum absolute atomic E-state index is 12.8. The number of hydrogen-bond donors (Lipinski definition) is 1. The Bertz CT molecular complexity index is 672. The lowest BCUT2D eigenvalue weighted by atomic mass is 10.1. The molecular formula is C19H22F3N2+. The molecule has 1 heterocycles. The van der Waals surface area contributed by atoms with Crippen LogP contribution in [0.3, 0.4) is 0 Å². The first-order valence-electron chi connectivity index (χ1n) is 8.23.